The van der Waals surface area contributed by atoms with Crippen molar-refractivity contribution < 1.29 is 0 Å². The number of rotatable bonds is 8. The van der Waals surface area contributed by atoms with Crippen LogP contribution < -0.4 is 16.2 Å². The molecule has 0 spiro atoms. The molecule has 6 nitrogen and oxygen atoms in total. The number of nitrogens with zero attached hydrogens (tertiary/aromatic N) is 3. The quantitative estimate of drug-likeness (QED) is 0.741. The molecule has 2 N–H and O–H groups in total. The maximum Gasteiger partial charge on any atom is 0.287 e. The lowest BCUT2D eigenvalue weighted by Gasteiger charge is -2.15. The van der Waals surface area contributed by atoms with Gasteiger partial charge in [-0.1, -0.05) is 18.5 Å². The third-order valence-electron chi connectivity index (χ3n) is 2.94. The van der Waals surface area contributed by atoms with Gasteiger partial charge >= 0.3 is 0 Å². The highest BCUT2D eigenvalue weighted by Gasteiger charge is 2.10. The average molecular weight is 302 g/mol. The monoisotopic (exact) mass is 301 g/mol. The molecule has 0 aromatic carbocycles. The van der Waals surface area contributed by atoms with Gasteiger partial charge in [0.2, 0.25) is 0 Å². The van der Waals surface area contributed by atoms with Gasteiger partial charge in [0.25, 0.3) is 5.56 Å². The van der Waals surface area contributed by atoms with Gasteiger partial charge in [0.1, 0.15) is 5.02 Å². The van der Waals surface area contributed by atoms with Gasteiger partial charge in [0.05, 0.1) is 18.4 Å². The van der Waals surface area contributed by atoms with Crippen LogP contribution in [0.25, 0.3) is 0 Å². The Kier molecular flexibility index (Phi) is 6.98. The number of hydrogen-bond donors (Lipinski definition) is 2. The standard InChI is InChI=1S/C13H24ClN5O/c1-10(7-15-2)8-16-11-9-17-19(6-5-18(3)4)13(20)12(11)14/h9-10,15-16H,5-8H2,1-4H3. The Morgan fingerprint density at radius 1 is 1.45 bits per heavy atom. The summed E-state index contributed by atoms with van der Waals surface area (Å²) in [5.41, 5.74) is 0.348. The summed E-state index contributed by atoms with van der Waals surface area (Å²) >= 11 is 6.11. The molecule has 1 rings (SSSR count). The fourth-order valence-electron chi connectivity index (χ4n) is 1.75. The van der Waals surface area contributed by atoms with E-state index in [9.17, 15) is 4.79 Å². The van der Waals surface area contributed by atoms with Gasteiger partial charge in [-0.25, -0.2) is 4.68 Å². The Labute approximate surface area is 125 Å². The van der Waals surface area contributed by atoms with E-state index in [1.54, 1.807) is 6.20 Å². The van der Waals surface area contributed by atoms with Crippen LogP contribution in [0.5, 0.6) is 0 Å². The van der Waals surface area contributed by atoms with Crippen LogP contribution in [0.3, 0.4) is 0 Å². The number of halogens is 1. The third-order valence-corrected chi connectivity index (χ3v) is 3.30. The molecule has 20 heavy (non-hydrogen) atoms. The number of anilines is 1. The minimum absolute atomic E-state index is 0.204. The molecule has 0 bridgehead atoms. The highest BCUT2D eigenvalue weighted by atomic mass is 35.5. The molecule has 0 aliphatic carbocycles. The van der Waals surface area contributed by atoms with Crippen molar-refractivity contribution >= 4 is 17.3 Å². The SMILES string of the molecule is CNCC(C)CNc1cnn(CCN(C)C)c(=O)c1Cl. The predicted octanol–water partition coefficient (Wildman–Crippen LogP) is 0.726. The second-order valence-electron chi connectivity index (χ2n) is 5.25. The zero-order valence-electron chi connectivity index (χ0n) is 12.6. The van der Waals surface area contributed by atoms with Crippen LogP contribution in [0.15, 0.2) is 11.0 Å². The van der Waals surface area contributed by atoms with Crippen molar-refractivity contribution in [3.8, 4) is 0 Å². The van der Waals surface area contributed by atoms with Crippen LogP contribution in [0.2, 0.25) is 5.02 Å². The molecule has 7 heteroatoms. The molecule has 1 unspecified atom stereocenters. The van der Waals surface area contributed by atoms with E-state index in [-0.39, 0.29) is 10.6 Å². The van der Waals surface area contributed by atoms with Crippen molar-refractivity contribution in [1.82, 2.24) is 20.0 Å². The van der Waals surface area contributed by atoms with E-state index in [1.165, 1.54) is 4.68 Å². The van der Waals surface area contributed by atoms with Crippen LogP contribution in [-0.4, -0.2) is 55.5 Å². The lowest BCUT2D eigenvalue weighted by molar-refractivity contribution is 0.367. The summed E-state index contributed by atoms with van der Waals surface area (Å²) in [5, 5.41) is 10.6. The molecular formula is C13H24ClN5O. The van der Waals surface area contributed by atoms with Gasteiger partial charge in [0.15, 0.2) is 0 Å². The predicted molar refractivity (Wildman–Crippen MR) is 83.6 cm³/mol. The maximum absolute atomic E-state index is 12.1. The highest BCUT2D eigenvalue weighted by molar-refractivity contribution is 6.32. The molecule has 0 fully saturated rings. The maximum atomic E-state index is 12.1. The number of nitrogens with one attached hydrogen (secondary N) is 2. The molecule has 1 aromatic rings. The Bertz CT molecular complexity index is 474. The molecular weight excluding hydrogens is 278 g/mol. The molecule has 1 aromatic heterocycles. The van der Waals surface area contributed by atoms with Crippen molar-refractivity contribution in [3.63, 3.8) is 0 Å². The Hall–Kier alpha value is -1.11. The van der Waals surface area contributed by atoms with Crippen LogP contribution >= 0.6 is 11.6 Å². The van der Waals surface area contributed by atoms with Crippen molar-refractivity contribution in [2.45, 2.75) is 13.5 Å². The van der Waals surface area contributed by atoms with Crippen LogP contribution in [0, 0.1) is 5.92 Å². The summed E-state index contributed by atoms with van der Waals surface area (Å²) in [7, 11) is 5.81. The number of likely N-dealkylation sites (N-methyl/N-ethyl adjacent to an activating group) is 1. The second-order valence-corrected chi connectivity index (χ2v) is 5.63. The van der Waals surface area contributed by atoms with Crippen LogP contribution in [0.1, 0.15) is 6.92 Å². The number of aromatic nitrogens is 2. The normalized spacial score (nSPS) is 12.7. The molecule has 0 radical (unpaired) electrons. The summed E-state index contributed by atoms with van der Waals surface area (Å²) in [4.78, 5) is 14.1. The van der Waals surface area contributed by atoms with Crippen LogP contribution in [-0.2, 0) is 6.54 Å². The smallest absolute Gasteiger partial charge is 0.287 e. The minimum Gasteiger partial charge on any atom is -0.382 e. The van der Waals surface area contributed by atoms with Gasteiger partial charge in [-0.15, -0.1) is 0 Å². The van der Waals surface area contributed by atoms with Crippen molar-refractivity contribution in [2.24, 2.45) is 5.92 Å². The largest absolute Gasteiger partial charge is 0.382 e. The molecule has 0 aliphatic heterocycles. The summed E-state index contributed by atoms with van der Waals surface area (Å²) in [5.74, 6) is 0.437. The zero-order valence-corrected chi connectivity index (χ0v) is 13.4. The summed E-state index contributed by atoms with van der Waals surface area (Å²) in [6.07, 6.45) is 1.62. The van der Waals surface area contributed by atoms with E-state index >= 15 is 0 Å². The minimum atomic E-state index is -0.250. The Morgan fingerprint density at radius 2 is 2.15 bits per heavy atom. The average Bonchev–Trinajstić information content (AvgIpc) is 2.39. The van der Waals surface area contributed by atoms with Gasteiger partial charge in [-0.3, -0.25) is 4.79 Å². The highest BCUT2D eigenvalue weighted by Crippen LogP contribution is 2.15. The van der Waals surface area contributed by atoms with E-state index in [0.717, 1.165) is 19.6 Å². The summed E-state index contributed by atoms with van der Waals surface area (Å²) < 4.78 is 1.39. The van der Waals surface area contributed by atoms with E-state index in [2.05, 4.69) is 22.7 Å². The number of hydrogen-bond acceptors (Lipinski definition) is 5. The zero-order chi connectivity index (χ0) is 15.1. The fraction of sp³-hybridized carbons (Fsp3) is 0.692. The van der Waals surface area contributed by atoms with Crippen molar-refractivity contribution in [2.75, 3.05) is 46.1 Å². The lowest BCUT2D eigenvalue weighted by atomic mass is 10.2. The first-order valence-electron chi connectivity index (χ1n) is 6.74. The van der Waals surface area contributed by atoms with Crippen molar-refractivity contribution in [3.05, 3.63) is 21.6 Å². The molecule has 0 aliphatic rings. The second kappa shape index (κ2) is 8.24. The summed E-state index contributed by atoms with van der Waals surface area (Å²) in [6.45, 7) is 5.03. The van der Waals surface area contributed by atoms with E-state index in [4.69, 9.17) is 11.6 Å². The van der Waals surface area contributed by atoms with Crippen LogP contribution in [0.4, 0.5) is 5.69 Å². The molecule has 0 saturated carbocycles. The third kappa shape index (κ3) is 5.11. The molecule has 114 valence electrons. The topological polar surface area (TPSA) is 62.2 Å². The van der Waals surface area contributed by atoms with Crippen molar-refractivity contribution in [1.29, 1.82) is 0 Å². The Balaban J connectivity index is 2.71. The van der Waals surface area contributed by atoms with Gasteiger partial charge < -0.3 is 15.5 Å². The molecule has 0 amide bonds. The van der Waals surface area contributed by atoms with Gasteiger partial charge in [-0.2, -0.15) is 5.10 Å². The van der Waals surface area contributed by atoms with Gasteiger partial charge in [0, 0.05) is 13.1 Å². The first-order chi connectivity index (χ1) is 9.45. The first-order valence-corrected chi connectivity index (χ1v) is 7.12. The van der Waals surface area contributed by atoms with Gasteiger partial charge in [-0.05, 0) is 33.6 Å². The van der Waals surface area contributed by atoms with E-state index in [1.807, 2.05) is 26.0 Å². The Morgan fingerprint density at radius 3 is 2.75 bits per heavy atom. The fourth-order valence-corrected chi connectivity index (χ4v) is 1.96. The molecule has 0 saturated heterocycles. The lowest BCUT2D eigenvalue weighted by Crippen LogP contribution is -2.30. The first kappa shape index (κ1) is 16.9. The van der Waals surface area contributed by atoms with E-state index in [0.29, 0.717) is 18.2 Å². The molecule has 1 heterocycles. The summed E-state index contributed by atoms with van der Waals surface area (Å²) in [6, 6.07) is 0. The molecule has 1 atom stereocenters. The van der Waals surface area contributed by atoms with E-state index < -0.39 is 0 Å².